The quantitative estimate of drug-likeness (QED) is 0.103. The average Bonchev–Trinajstić information content (AvgIpc) is 3.66. The molecule has 0 aliphatic carbocycles. The zero-order valence-electron chi connectivity index (χ0n) is 22.5. The van der Waals surface area contributed by atoms with Crippen molar-refractivity contribution in [2.75, 3.05) is 36.9 Å². The molecular weight excluding hydrogens is 551 g/mol. The second-order valence-corrected chi connectivity index (χ2v) is 9.43. The van der Waals surface area contributed by atoms with Crippen LogP contribution in [0.2, 0.25) is 0 Å². The van der Waals surface area contributed by atoms with Gasteiger partial charge in [0.15, 0.2) is 0 Å². The Kier molecular flexibility index (Phi) is 9.46. The number of halogens is 3. The molecule has 42 heavy (non-hydrogen) atoms. The van der Waals surface area contributed by atoms with E-state index in [2.05, 4.69) is 57.3 Å². The van der Waals surface area contributed by atoms with Crippen LogP contribution >= 0.6 is 0 Å². The molecule has 11 nitrogen and oxygen atoms in total. The van der Waals surface area contributed by atoms with Crippen LogP contribution in [0.5, 0.6) is 5.75 Å². The molecule has 0 aliphatic heterocycles. The molecule has 0 bridgehead atoms. The summed E-state index contributed by atoms with van der Waals surface area (Å²) in [5, 5.41) is 32.2. The number of nitrogens with zero attached hydrogens (tertiary/aromatic N) is 4. The SMILES string of the molecule is FC(F)(F)Oc1cc(CNCCCCOCCNc2cc(-c3ccnnc3)cc3[nH]ncc23)cc(Nc2cn[nH]c2)c1. The highest BCUT2D eigenvalue weighted by molar-refractivity contribution is 5.95. The lowest BCUT2D eigenvalue weighted by atomic mass is 10.1. The molecule has 0 amide bonds. The first-order valence-corrected chi connectivity index (χ1v) is 13.3. The summed E-state index contributed by atoms with van der Waals surface area (Å²) in [6.45, 7) is 2.83. The Morgan fingerprint density at radius 2 is 1.79 bits per heavy atom. The molecule has 0 fully saturated rings. The third-order valence-corrected chi connectivity index (χ3v) is 6.25. The molecule has 220 valence electrons. The van der Waals surface area contributed by atoms with Crippen molar-refractivity contribution >= 4 is 28.0 Å². The maximum atomic E-state index is 12.8. The number of benzene rings is 2. The fraction of sp³-hybridized carbons (Fsp3) is 0.286. The van der Waals surface area contributed by atoms with Gasteiger partial charge >= 0.3 is 6.36 Å². The molecule has 0 radical (unpaired) electrons. The minimum absolute atomic E-state index is 0.288. The molecule has 14 heteroatoms. The number of hydrogen-bond donors (Lipinski definition) is 5. The van der Waals surface area contributed by atoms with Gasteiger partial charge in [-0.1, -0.05) is 0 Å². The van der Waals surface area contributed by atoms with Gasteiger partial charge in [-0.3, -0.25) is 10.2 Å². The van der Waals surface area contributed by atoms with Crippen LogP contribution in [0.3, 0.4) is 0 Å². The number of unbranched alkanes of at least 4 members (excludes halogenated alkanes) is 1. The largest absolute Gasteiger partial charge is 0.573 e. The molecule has 2 aromatic carbocycles. The van der Waals surface area contributed by atoms with Crippen LogP contribution in [-0.4, -0.2) is 63.3 Å². The van der Waals surface area contributed by atoms with Crippen LogP contribution in [-0.2, 0) is 11.3 Å². The highest BCUT2D eigenvalue weighted by Gasteiger charge is 2.31. The summed E-state index contributed by atoms with van der Waals surface area (Å²) in [6.07, 6.45) is 5.22. The van der Waals surface area contributed by atoms with Crippen molar-refractivity contribution in [2.24, 2.45) is 0 Å². The van der Waals surface area contributed by atoms with Crippen molar-refractivity contribution in [3.05, 3.63) is 72.9 Å². The molecule has 5 N–H and O–H groups in total. The summed E-state index contributed by atoms with van der Waals surface area (Å²) in [5.41, 5.74) is 5.58. The van der Waals surface area contributed by atoms with E-state index >= 15 is 0 Å². The van der Waals surface area contributed by atoms with Crippen molar-refractivity contribution < 1.29 is 22.6 Å². The number of hydrogen-bond acceptors (Lipinski definition) is 9. The molecule has 3 heterocycles. The molecule has 0 unspecified atom stereocenters. The Labute approximate surface area is 239 Å². The van der Waals surface area contributed by atoms with Crippen LogP contribution in [0.25, 0.3) is 22.0 Å². The summed E-state index contributed by atoms with van der Waals surface area (Å²) in [7, 11) is 0. The summed E-state index contributed by atoms with van der Waals surface area (Å²) >= 11 is 0. The fourth-order valence-electron chi connectivity index (χ4n) is 4.39. The highest BCUT2D eigenvalue weighted by atomic mass is 19.4. The average molecular weight is 582 g/mol. The van der Waals surface area contributed by atoms with Crippen LogP contribution in [0, 0.1) is 0 Å². The monoisotopic (exact) mass is 581 g/mol. The van der Waals surface area contributed by atoms with E-state index in [0.29, 0.717) is 49.8 Å². The number of anilines is 3. The molecule has 0 saturated heterocycles. The van der Waals surface area contributed by atoms with E-state index in [1.54, 1.807) is 30.9 Å². The number of nitrogens with one attached hydrogen (secondary N) is 5. The van der Waals surface area contributed by atoms with E-state index in [1.807, 2.05) is 12.1 Å². The lowest BCUT2D eigenvalue weighted by Crippen LogP contribution is -2.18. The molecule has 0 atom stereocenters. The number of ether oxygens (including phenoxy) is 2. The van der Waals surface area contributed by atoms with Gasteiger partial charge in [0.05, 0.1) is 42.6 Å². The minimum atomic E-state index is -4.78. The molecule has 0 saturated carbocycles. The van der Waals surface area contributed by atoms with Crippen LogP contribution in [0.15, 0.2) is 67.4 Å². The van der Waals surface area contributed by atoms with Gasteiger partial charge in [0.2, 0.25) is 0 Å². The number of aromatic nitrogens is 6. The normalized spacial score (nSPS) is 11.6. The summed E-state index contributed by atoms with van der Waals surface area (Å²) in [4.78, 5) is 0. The Morgan fingerprint density at radius 3 is 2.60 bits per heavy atom. The fourth-order valence-corrected chi connectivity index (χ4v) is 4.39. The third-order valence-electron chi connectivity index (χ3n) is 6.25. The van der Waals surface area contributed by atoms with E-state index in [-0.39, 0.29) is 5.75 Å². The smallest absolute Gasteiger partial charge is 0.406 e. The van der Waals surface area contributed by atoms with Crippen LogP contribution in [0.4, 0.5) is 30.2 Å². The van der Waals surface area contributed by atoms with E-state index < -0.39 is 6.36 Å². The molecule has 3 aromatic heterocycles. The first-order chi connectivity index (χ1) is 20.4. The van der Waals surface area contributed by atoms with E-state index in [0.717, 1.165) is 40.6 Å². The third kappa shape index (κ3) is 8.41. The molecule has 5 aromatic rings. The van der Waals surface area contributed by atoms with E-state index in [4.69, 9.17) is 4.74 Å². The second-order valence-electron chi connectivity index (χ2n) is 9.43. The summed E-state index contributed by atoms with van der Waals surface area (Å²) in [6, 6.07) is 10.4. The number of rotatable bonds is 15. The number of H-pyrrole nitrogens is 2. The predicted molar refractivity (Wildman–Crippen MR) is 152 cm³/mol. The van der Waals surface area contributed by atoms with Gasteiger partial charge < -0.3 is 25.4 Å². The van der Waals surface area contributed by atoms with Gasteiger partial charge in [0.1, 0.15) is 5.75 Å². The Hall–Kier alpha value is -4.69. The van der Waals surface area contributed by atoms with Gasteiger partial charge in [0, 0.05) is 54.3 Å². The summed E-state index contributed by atoms with van der Waals surface area (Å²) in [5.74, 6) is -0.288. The maximum absolute atomic E-state index is 12.8. The van der Waals surface area contributed by atoms with Gasteiger partial charge in [-0.05, 0) is 60.8 Å². The van der Waals surface area contributed by atoms with Gasteiger partial charge in [0.25, 0.3) is 0 Å². The van der Waals surface area contributed by atoms with E-state index in [1.165, 1.54) is 18.3 Å². The molecular formula is C28H30F3N9O2. The van der Waals surface area contributed by atoms with Crippen molar-refractivity contribution in [1.29, 1.82) is 0 Å². The number of aromatic amines is 2. The Bertz CT molecular complexity index is 1540. The van der Waals surface area contributed by atoms with Crippen molar-refractivity contribution in [3.8, 4) is 16.9 Å². The number of fused-ring (bicyclic) bond motifs is 1. The zero-order valence-corrected chi connectivity index (χ0v) is 22.5. The van der Waals surface area contributed by atoms with Crippen LogP contribution in [0.1, 0.15) is 18.4 Å². The number of alkyl halides is 3. The Morgan fingerprint density at radius 1 is 0.857 bits per heavy atom. The van der Waals surface area contributed by atoms with Crippen molar-refractivity contribution in [2.45, 2.75) is 25.7 Å². The summed E-state index contributed by atoms with van der Waals surface area (Å²) < 4.78 is 48.3. The topological polar surface area (TPSA) is 138 Å². The second kappa shape index (κ2) is 13.8. The Balaban J connectivity index is 1.02. The van der Waals surface area contributed by atoms with Gasteiger partial charge in [-0.2, -0.15) is 20.4 Å². The van der Waals surface area contributed by atoms with Crippen molar-refractivity contribution in [3.63, 3.8) is 0 Å². The molecule has 5 rings (SSSR count). The lowest BCUT2D eigenvalue weighted by Gasteiger charge is -2.14. The highest BCUT2D eigenvalue weighted by Crippen LogP contribution is 2.30. The predicted octanol–water partition coefficient (Wildman–Crippen LogP) is 5.38. The van der Waals surface area contributed by atoms with E-state index in [9.17, 15) is 13.2 Å². The standard InChI is InChI=1S/C28H30F3N9O2/c29-28(30,31)42-24-10-19(9-22(13-24)39-23-16-36-37-17-23)14-32-4-1-2-7-41-8-6-33-26-11-21(20-3-5-34-35-15-20)12-27-25(26)18-38-40-27/h3,5,9-13,15-18,32-33,39H,1-2,4,6-8,14H2,(H,36,37)(H,38,40). The van der Waals surface area contributed by atoms with Gasteiger partial charge in [-0.25, -0.2) is 0 Å². The zero-order chi connectivity index (χ0) is 29.2. The van der Waals surface area contributed by atoms with Gasteiger partial charge in [-0.15, -0.1) is 13.2 Å². The van der Waals surface area contributed by atoms with Crippen molar-refractivity contribution in [1.82, 2.24) is 35.9 Å². The molecule has 0 aliphatic rings. The lowest BCUT2D eigenvalue weighted by molar-refractivity contribution is -0.274. The molecule has 0 spiro atoms. The first-order valence-electron chi connectivity index (χ1n) is 13.3. The minimum Gasteiger partial charge on any atom is -0.406 e. The van der Waals surface area contributed by atoms with Crippen LogP contribution < -0.4 is 20.7 Å². The first kappa shape index (κ1) is 28.8. The maximum Gasteiger partial charge on any atom is 0.573 e.